The third-order valence-corrected chi connectivity index (χ3v) is 8.25. The SMILES string of the molecule is CCCC(CCCCC(=O)[C@](O)(c1ccccc1)C(F)(F)F)CC1CCN(c2ccc(C(=O)N(C)C)c(OC)n2)CC1. The lowest BCUT2D eigenvalue weighted by molar-refractivity contribution is -0.256. The second-order valence-electron chi connectivity index (χ2n) is 11.5. The summed E-state index contributed by atoms with van der Waals surface area (Å²) in [5.74, 6) is 0.696. The molecule has 1 fully saturated rings. The molecule has 1 aromatic carbocycles. The molecule has 1 N–H and O–H groups in total. The molecule has 0 spiro atoms. The number of aromatic nitrogens is 1. The molecule has 232 valence electrons. The van der Waals surface area contributed by atoms with Crippen LogP contribution in [0.25, 0.3) is 0 Å². The lowest BCUT2D eigenvalue weighted by Gasteiger charge is -2.34. The summed E-state index contributed by atoms with van der Waals surface area (Å²) < 4.78 is 46.8. The van der Waals surface area contributed by atoms with Crippen LogP contribution in [0.15, 0.2) is 42.5 Å². The van der Waals surface area contributed by atoms with Crippen LogP contribution in [0.3, 0.4) is 0 Å². The van der Waals surface area contributed by atoms with Gasteiger partial charge in [-0.25, -0.2) is 0 Å². The van der Waals surface area contributed by atoms with Gasteiger partial charge < -0.3 is 19.6 Å². The number of methoxy groups -OCH3 is 1. The van der Waals surface area contributed by atoms with Crippen molar-refractivity contribution in [3.8, 4) is 5.88 Å². The first-order chi connectivity index (χ1) is 19.9. The summed E-state index contributed by atoms with van der Waals surface area (Å²) in [4.78, 5) is 33.3. The molecule has 2 heterocycles. The first-order valence-electron chi connectivity index (χ1n) is 14.8. The van der Waals surface area contributed by atoms with Crippen molar-refractivity contribution in [2.45, 2.75) is 76.5 Å². The van der Waals surface area contributed by atoms with E-state index in [2.05, 4.69) is 16.8 Å². The summed E-state index contributed by atoms with van der Waals surface area (Å²) >= 11 is 0. The van der Waals surface area contributed by atoms with Crippen molar-refractivity contribution in [1.29, 1.82) is 0 Å². The Labute approximate surface area is 247 Å². The van der Waals surface area contributed by atoms with Gasteiger partial charge in [-0.2, -0.15) is 18.2 Å². The second kappa shape index (κ2) is 14.8. The fraction of sp³-hybridized carbons (Fsp3) is 0.594. The minimum atomic E-state index is -5.09. The van der Waals surface area contributed by atoms with E-state index in [1.807, 2.05) is 6.07 Å². The van der Waals surface area contributed by atoms with Gasteiger partial charge in [0.05, 0.1) is 7.11 Å². The molecule has 1 aliphatic rings. The number of anilines is 1. The molecule has 3 rings (SSSR count). The molecule has 1 unspecified atom stereocenters. The zero-order chi connectivity index (χ0) is 30.9. The first-order valence-corrected chi connectivity index (χ1v) is 14.8. The van der Waals surface area contributed by atoms with Crippen LogP contribution >= 0.6 is 0 Å². The highest BCUT2D eigenvalue weighted by Crippen LogP contribution is 2.41. The van der Waals surface area contributed by atoms with E-state index in [0.717, 1.165) is 69.6 Å². The second-order valence-corrected chi connectivity index (χ2v) is 11.5. The first kappa shape index (κ1) is 33.4. The van der Waals surface area contributed by atoms with Crippen molar-refractivity contribution in [3.05, 3.63) is 53.6 Å². The average molecular weight is 592 g/mol. The van der Waals surface area contributed by atoms with Gasteiger partial charge in [0.2, 0.25) is 11.5 Å². The molecule has 0 aliphatic carbocycles. The van der Waals surface area contributed by atoms with Crippen molar-refractivity contribution in [2.75, 3.05) is 39.2 Å². The zero-order valence-electron chi connectivity index (χ0n) is 25.1. The predicted octanol–water partition coefficient (Wildman–Crippen LogP) is 6.39. The van der Waals surface area contributed by atoms with E-state index < -0.39 is 23.1 Å². The van der Waals surface area contributed by atoms with Crippen LogP contribution < -0.4 is 9.64 Å². The normalized spacial score (nSPS) is 16.5. The third kappa shape index (κ3) is 8.02. The molecule has 0 saturated carbocycles. The van der Waals surface area contributed by atoms with Gasteiger partial charge in [0.25, 0.3) is 5.91 Å². The number of amides is 1. The van der Waals surface area contributed by atoms with Crippen molar-refractivity contribution in [1.82, 2.24) is 9.88 Å². The molecule has 1 aliphatic heterocycles. The van der Waals surface area contributed by atoms with Crippen LogP contribution in [0.1, 0.15) is 80.6 Å². The smallest absolute Gasteiger partial charge is 0.428 e. The maximum Gasteiger partial charge on any atom is 0.428 e. The Morgan fingerprint density at radius 2 is 1.74 bits per heavy atom. The molecule has 7 nitrogen and oxygen atoms in total. The number of pyridine rings is 1. The lowest BCUT2D eigenvalue weighted by atomic mass is 9.82. The van der Waals surface area contributed by atoms with Crippen LogP contribution in [-0.4, -0.2) is 67.2 Å². The Kier molecular flexibility index (Phi) is 11.8. The Morgan fingerprint density at radius 3 is 2.31 bits per heavy atom. The quantitative estimate of drug-likeness (QED) is 0.256. The van der Waals surface area contributed by atoms with Crippen LogP contribution in [0, 0.1) is 11.8 Å². The highest BCUT2D eigenvalue weighted by atomic mass is 19.4. The van der Waals surface area contributed by atoms with Gasteiger partial charge in [-0.3, -0.25) is 9.59 Å². The number of rotatable bonds is 14. The molecular formula is C32H44F3N3O4. The number of benzene rings is 1. The number of ether oxygens (including phenoxy) is 1. The topological polar surface area (TPSA) is 83.0 Å². The molecule has 1 aromatic heterocycles. The largest absolute Gasteiger partial charge is 0.480 e. The minimum absolute atomic E-state index is 0.164. The van der Waals surface area contributed by atoms with Gasteiger partial charge >= 0.3 is 6.18 Å². The standard InChI is InChI=1S/C32H44F3N3O4/c1-5-11-23(12-9-10-15-27(39)31(41,32(33,34)35)25-13-7-6-8-14-25)22-24-18-20-38(21-19-24)28-17-16-26(29(36-28)42-4)30(40)37(2)3/h6-8,13-14,16-17,23-24,41H,5,9-12,15,18-22H2,1-4H3/t23?,31-/m1/s1. The number of hydrogen-bond acceptors (Lipinski definition) is 6. The summed E-state index contributed by atoms with van der Waals surface area (Å²) in [6.45, 7) is 3.81. The fourth-order valence-electron chi connectivity index (χ4n) is 5.89. The summed E-state index contributed by atoms with van der Waals surface area (Å²) in [7, 11) is 4.88. The zero-order valence-corrected chi connectivity index (χ0v) is 25.1. The Bertz CT molecular complexity index is 1170. The van der Waals surface area contributed by atoms with Crippen LogP contribution in [0.5, 0.6) is 5.88 Å². The molecule has 2 atom stereocenters. The fourth-order valence-corrected chi connectivity index (χ4v) is 5.89. The number of carbonyl (C=O) groups excluding carboxylic acids is 2. The molecule has 1 amide bonds. The van der Waals surface area contributed by atoms with E-state index in [1.165, 1.54) is 24.1 Å². The molecule has 0 bridgehead atoms. The molecular weight excluding hydrogens is 547 g/mol. The van der Waals surface area contributed by atoms with Crippen molar-refractivity contribution in [3.63, 3.8) is 0 Å². The van der Waals surface area contributed by atoms with Gasteiger partial charge in [-0.1, -0.05) is 62.9 Å². The maximum absolute atomic E-state index is 13.8. The number of alkyl halides is 3. The van der Waals surface area contributed by atoms with Crippen LogP contribution in [0.2, 0.25) is 0 Å². The minimum Gasteiger partial charge on any atom is -0.480 e. The highest BCUT2D eigenvalue weighted by Gasteiger charge is 2.59. The van der Waals surface area contributed by atoms with Crippen molar-refractivity contribution < 1.29 is 32.6 Å². The summed E-state index contributed by atoms with van der Waals surface area (Å²) in [5, 5.41) is 10.5. The monoisotopic (exact) mass is 591 g/mol. The van der Waals surface area contributed by atoms with Crippen LogP contribution in [0.4, 0.5) is 19.0 Å². The van der Waals surface area contributed by atoms with E-state index >= 15 is 0 Å². The number of nitrogens with zero attached hydrogens (tertiary/aromatic N) is 3. The number of aliphatic hydroxyl groups is 1. The van der Waals surface area contributed by atoms with Gasteiger partial charge in [0, 0.05) is 39.2 Å². The lowest BCUT2D eigenvalue weighted by Crippen LogP contribution is -2.49. The number of ketones is 1. The number of Topliss-reactive ketones (excluding diaryl/α,β-unsaturated/α-hetero) is 1. The van der Waals surface area contributed by atoms with E-state index in [-0.39, 0.29) is 12.3 Å². The number of halogens is 3. The molecule has 2 aromatic rings. The molecule has 42 heavy (non-hydrogen) atoms. The van der Waals surface area contributed by atoms with Crippen molar-refractivity contribution in [2.24, 2.45) is 11.8 Å². The van der Waals surface area contributed by atoms with Crippen LogP contribution in [-0.2, 0) is 10.4 Å². The summed E-state index contributed by atoms with van der Waals surface area (Å²) in [6, 6.07) is 10.2. The molecule has 1 saturated heterocycles. The number of unbranched alkanes of at least 4 members (excludes halogenated alkanes) is 1. The van der Waals surface area contributed by atoms with Gasteiger partial charge in [-0.05, 0) is 49.7 Å². The van der Waals surface area contributed by atoms with E-state index in [0.29, 0.717) is 36.1 Å². The van der Waals surface area contributed by atoms with Gasteiger partial charge in [0.15, 0.2) is 5.78 Å². The number of carbonyl (C=O) groups is 2. The number of piperidine rings is 1. The third-order valence-electron chi connectivity index (χ3n) is 8.25. The molecule has 10 heteroatoms. The highest BCUT2D eigenvalue weighted by molar-refractivity contribution is 5.96. The summed E-state index contributed by atoms with van der Waals surface area (Å²) in [5.41, 5.74) is -3.50. The molecule has 0 radical (unpaired) electrons. The van der Waals surface area contributed by atoms with E-state index in [9.17, 15) is 27.9 Å². The Morgan fingerprint density at radius 1 is 1.07 bits per heavy atom. The Balaban J connectivity index is 1.51. The average Bonchev–Trinajstić information content (AvgIpc) is 2.98. The van der Waals surface area contributed by atoms with Gasteiger partial charge in [0.1, 0.15) is 11.4 Å². The van der Waals surface area contributed by atoms with E-state index in [1.54, 1.807) is 26.2 Å². The van der Waals surface area contributed by atoms with E-state index in [4.69, 9.17) is 4.74 Å². The summed E-state index contributed by atoms with van der Waals surface area (Å²) in [6.07, 6.45) is 1.47. The Hall–Kier alpha value is -3.14. The maximum atomic E-state index is 13.8. The number of hydrogen-bond donors (Lipinski definition) is 1. The van der Waals surface area contributed by atoms with Crippen molar-refractivity contribution >= 4 is 17.5 Å². The van der Waals surface area contributed by atoms with Gasteiger partial charge in [-0.15, -0.1) is 0 Å². The predicted molar refractivity (Wildman–Crippen MR) is 157 cm³/mol.